The lowest BCUT2D eigenvalue weighted by Gasteiger charge is -2.43. The largest absolute Gasteiger partial charge is 0.468 e. The smallest absolute Gasteiger partial charge is 0.326 e. The van der Waals surface area contributed by atoms with Crippen molar-refractivity contribution < 1.29 is 9.53 Å². The third-order valence-electron chi connectivity index (χ3n) is 4.99. The maximum atomic E-state index is 12.4. The number of piperidine rings is 1. The molecule has 1 aliphatic heterocycles. The number of esters is 1. The van der Waals surface area contributed by atoms with Crippen molar-refractivity contribution in [3.8, 4) is 0 Å². The average Bonchev–Trinajstić information content (AvgIpc) is 2.49. The lowest BCUT2D eigenvalue weighted by atomic mass is 9.84. The Labute approximate surface area is 129 Å². The molecule has 0 aromatic rings. The zero-order valence-corrected chi connectivity index (χ0v) is 14.0. The van der Waals surface area contributed by atoms with E-state index >= 15 is 0 Å². The number of nitrogens with zero attached hydrogens (tertiary/aromatic N) is 1. The predicted octanol–water partition coefficient (Wildman–Crippen LogP) is 2.57. The summed E-state index contributed by atoms with van der Waals surface area (Å²) in [6.45, 7) is 7.62. The summed E-state index contributed by atoms with van der Waals surface area (Å²) in [4.78, 5) is 14.9. The first-order chi connectivity index (χ1) is 10.1. The van der Waals surface area contributed by atoms with Crippen LogP contribution in [-0.2, 0) is 9.53 Å². The van der Waals surface area contributed by atoms with Crippen molar-refractivity contribution in [2.75, 3.05) is 26.7 Å². The molecule has 0 unspecified atom stereocenters. The summed E-state index contributed by atoms with van der Waals surface area (Å²) < 4.78 is 5.13. The molecule has 1 aliphatic carbocycles. The highest BCUT2D eigenvalue weighted by Crippen LogP contribution is 2.28. The molecule has 4 heteroatoms. The second kappa shape index (κ2) is 7.59. The summed E-state index contributed by atoms with van der Waals surface area (Å²) >= 11 is 0. The van der Waals surface area contributed by atoms with Gasteiger partial charge in [0, 0.05) is 25.7 Å². The fourth-order valence-corrected chi connectivity index (χ4v) is 3.87. The van der Waals surface area contributed by atoms with E-state index in [9.17, 15) is 4.79 Å². The van der Waals surface area contributed by atoms with Crippen LogP contribution in [0.15, 0.2) is 0 Å². The zero-order chi connectivity index (χ0) is 15.3. The Morgan fingerprint density at radius 1 is 1.24 bits per heavy atom. The van der Waals surface area contributed by atoms with Gasteiger partial charge in [-0.2, -0.15) is 0 Å². The van der Waals surface area contributed by atoms with E-state index in [0.29, 0.717) is 12.0 Å². The maximum Gasteiger partial charge on any atom is 0.326 e. The minimum Gasteiger partial charge on any atom is -0.468 e. The van der Waals surface area contributed by atoms with Gasteiger partial charge in [-0.05, 0) is 31.6 Å². The van der Waals surface area contributed by atoms with E-state index in [1.54, 1.807) is 0 Å². The number of methoxy groups -OCH3 is 1. The van der Waals surface area contributed by atoms with Crippen LogP contribution in [-0.4, -0.2) is 49.2 Å². The molecule has 1 saturated heterocycles. The monoisotopic (exact) mass is 296 g/mol. The second-order valence-corrected chi connectivity index (χ2v) is 7.25. The first kappa shape index (κ1) is 16.8. The third kappa shape index (κ3) is 4.43. The highest BCUT2D eigenvalue weighted by Gasteiger charge is 2.43. The minimum absolute atomic E-state index is 0.0581. The molecular weight excluding hydrogens is 264 g/mol. The molecule has 2 aliphatic rings. The van der Waals surface area contributed by atoms with Crippen molar-refractivity contribution in [1.29, 1.82) is 0 Å². The number of nitrogens with one attached hydrogen (secondary N) is 1. The summed E-state index contributed by atoms with van der Waals surface area (Å²) in [5.74, 6) is 0.624. The summed E-state index contributed by atoms with van der Waals surface area (Å²) in [6.07, 6.45) is 8.07. The Bertz CT molecular complexity index is 330. The molecule has 2 fully saturated rings. The summed E-state index contributed by atoms with van der Waals surface area (Å²) in [5.41, 5.74) is -0.440. The van der Waals surface area contributed by atoms with Crippen molar-refractivity contribution in [2.45, 2.75) is 70.4 Å². The number of likely N-dealkylation sites (tertiary alicyclic amines) is 1. The number of rotatable bonds is 5. The molecule has 0 aromatic heterocycles. The fourth-order valence-electron chi connectivity index (χ4n) is 3.87. The van der Waals surface area contributed by atoms with Crippen LogP contribution in [0, 0.1) is 5.92 Å². The average molecular weight is 296 g/mol. The van der Waals surface area contributed by atoms with Crippen LogP contribution < -0.4 is 5.32 Å². The normalized spacial score (nSPS) is 24.2. The maximum absolute atomic E-state index is 12.4. The van der Waals surface area contributed by atoms with Crippen LogP contribution in [0.3, 0.4) is 0 Å². The SMILES string of the molecule is COC(=O)C1(NC2CCCCC2)CCN(CC(C)C)CC1. The number of ether oxygens (including phenoxy) is 1. The summed E-state index contributed by atoms with van der Waals surface area (Å²) in [6, 6.07) is 0.495. The van der Waals surface area contributed by atoms with Gasteiger partial charge < -0.3 is 9.64 Å². The number of hydrogen-bond donors (Lipinski definition) is 1. The van der Waals surface area contributed by atoms with Crippen LogP contribution in [0.2, 0.25) is 0 Å². The van der Waals surface area contributed by atoms with Crippen LogP contribution in [0.4, 0.5) is 0 Å². The Morgan fingerprint density at radius 3 is 2.38 bits per heavy atom. The molecule has 1 heterocycles. The molecule has 0 spiro atoms. The van der Waals surface area contributed by atoms with Crippen molar-refractivity contribution >= 4 is 5.97 Å². The highest BCUT2D eigenvalue weighted by molar-refractivity contribution is 5.81. The number of carbonyl (C=O) groups excluding carboxylic acids is 1. The third-order valence-corrected chi connectivity index (χ3v) is 4.99. The topological polar surface area (TPSA) is 41.6 Å². The molecule has 2 rings (SSSR count). The van der Waals surface area contributed by atoms with E-state index in [1.165, 1.54) is 39.2 Å². The molecule has 1 saturated carbocycles. The first-order valence-electron chi connectivity index (χ1n) is 8.64. The Kier molecular flexibility index (Phi) is 6.06. The van der Waals surface area contributed by atoms with Gasteiger partial charge in [-0.3, -0.25) is 10.1 Å². The van der Waals surface area contributed by atoms with Crippen LogP contribution in [0.25, 0.3) is 0 Å². The van der Waals surface area contributed by atoms with Crippen molar-refractivity contribution in [2.24, 2.45) is 5.92 Å². The van der Waals surface area contributed by atoms with E-state index in [4.69, 9.17) is 4.74 Å². The Morgan fingerprint density at radius 2 is 1.86 bits per heavy atom. The van der Waals surface area contributed by atoms with Gasteiger partial charge in [0.2, 0.25) is 0 Å². The Balaban J connectivity index is 1.97. The van der Waals surface area contributed by atoms with Crippen LogP contribution in [0.1, 0.15) is 58.8 Å². The van der Waals surface area contributed by atoms with Gasteiger partial charge in [-0.1, -0.05) is 33.1 Å². The van der Waals surface area contributed by atoms with Crippen molar-refractivity contribution in [3.05, 3.63) is 0 Å². The molecule has 1 N–H and O–H groups in total. The van der Waals surface area contributed by atoms with Gasteiger partial charge in [0.25, 0.3) is 0 Å². The molecule has 0 bridgehead atoms. The molecule has 0 amide bonds. The van der Waals surface area contributed by atoms with E-state index in [2.05, 4.69) is 24.1 Å². The molecule has 4 nitrogen and oxygen atoms in total. The van der Waals surface area contributed by atoms with Gasteiger partial charge in [0.15, 0.2) is 0 Å². The first-order valence-corrected chi connectivity index (χ1v) is 8.64. The molecule has 122 valence electrons. The zero-order valence-electron chi connectivity index (χ0n) is 14.0. The summed E-state index contributed by atoms with van der Waals surface area (Å²) in [7, 11) is 1.52. The quantitative estimate of drug-likeness (QED) is 0.792. The van der Waals surface area contributed by atoms with Crippen molar-refractivity contribution in [1.82, 2.24) is 10.2 Å². The van der Waals surface area contributed by atoms with E-state index in [-0.39, 0.29) is 5.97 Å². The van der Waals surface area contributed by atoms with E-state index < -0.39 is 5.54 Å². The standard InChI is InChI=1S/C17H32N2O2/c1-14(2)13-19-11-9-17(10-12-19,16(20)21-3)18-15-7-5-4-6-8-15/h14-15,18H,4-13H2,1-3H3. The highest BCUT2D eigenvalue weighted by atomic mass is 16.5. The predicted molar refractivity (Wildman–Crippen MR) is 85.3 cm³/mol. The number of hydrogen-bond acceptors (Lipinski definition) is 4. The van der Waals surface area contributed by atoms with E-state index in [1.807, 2.05) is 0 Å². The molecule has 0 aromatic carbocycles. The lowest BCUT2D eigenvalue weighted by molar-refractivity contribution is -0.151. The van der Waals surface area contributed by atoms with E-state index in [0.717, 1.165) is 32.5 Å². The molecule has 21 heavy (non-hydrogen) atoms. The molecule has 0 radical (unpaired) electrons. The van der Waals surface area contributed by atoms with Crippen LogP contribution in [0.5, 0.6) is 0 Å². The Hall–Kier alpha value is -0.610. The summed E-state index contributed by atoms with van der Waals surface area (Å²) in [5, 5.41) is 3.69. The van der Waals surface area contributed by atoms with Gasteiger partial charge in [-0.15, -0.1) is 0 Å². The second-order valence-electron chi connectivity index (χ2n) is 7.25. The van der Waals surface area contributed by atoms with Crippen molar-refractivity contribution in [3.63, 3.8) is 0 Å². The number of carbonyl (C=O) groups is 1. The van der Waals surface area contributed by atoms with Gasteiger partial charge >= 0.3 is 5.97 Å². The van der Waals surface area contributed by atoms with Gasteiger partial charge in [0.05, 0.1) is 7.11 Å². The molecule has 0 atom stereocenters. The minimum atomic E-state index is -0.440. The van der Waals surface area contributed by atoms with Gasteiger partial charge in [-0.25, -0.2) is 0 Å². The fraction of sp³-hybridized carbons (Fsp3) is 0.941. The van der Waals surface area contributed by atoms with Crippen LogP contribution >= 0.6 is 0 Å². The van der Waals surface area contributed by atoms with Gasteiger partial charge in [0.1, 0.15) is 5.54 Å². The molecular formula is C17H32N2O2. The lowest BCUT2D eigenvalue weighted by Crippen LogP contribution is -2.61.